The summed E-state index contributed by atoms with van der Waals surface area (Å²) in [6, 6.07) is 11.8. The van der Waals surface area contributed by atoms with E-state index in [0.29, 0.717) is 37.7 Å². The van der Waals surface area contributed by atoms with Crippen LogP contribution in [0.5, 0.6) is 0 Å². The fourth-order valence-corrected chi connectivity index (χ4v) is 3.76. The van der Waals surface area contributed by atoms with Gasteiger partial charge in [-0.2, -0.15) is 0 Å². The highest BCUT2D eigenvalue weighted by molar-refractivity contribution is 5.92. The standard InChI is InChI=1S/C21H26N6O2/c28-16-25-12-14-27(15-13-25)21(29)19-8-9-20(24-23-19)22-17-4-6-18(7-5-17)26-10-2-1-3-11-26/h4-9,16H,1-3,10-15H2,(H,22,24). The van der Waals surface area contributed by atoms with Crippen LogP contribution in [0.25, 0.3) is 0 Å². The molecule has 0 saturated carbocycles. The van der Waals surface area contributed by atoms with Crippen LogP contribution in [0.3, 0.4) is 0 Å². The quantitative estimate of drug-likeness (QED) is 0.783. The summed E-state index contributed by atoms with van der Waals surface area (Å²) in [6.07, 6.45) is 4.66. The molecule has 8 heteroatoms. The summed E-state index contributed by atoms with van der Waals surface area (Å²) in [5.41, 5.74) is 2.50. The maximum atomic E-state index is 12.5. The van der Waals surface area contributed by atoms with Crippen LogP contribution in [0.2, 0.25) is 0 Å². The molecule has 2 aliphatic rings. The fourth-order valence-electron chi connectivity index (χ4n) is 3.76. The third-order valence-corrected chi connectivity index (χ3v) is 5.50. The Hall–Kier alpha value is -3.16. The number of carbonyl (C=O) groups excluding carboxylic acids is 2. The fraction of sp³-hybridized carbons (Fsp3) is 0.429. The minimum Gasteiger partial charge on any atom is -0.372 e. The number of benzene rings is 1. The highest BCUT2D eigenvalue weighted by Gasteiger charge is 2.22. The van der Waals surface area contributed by atoms with Crippen LogP contribution in [0.1, 0.15) is 29.8 Å². The number of anilines is 3. The van der Waals surface area contributed by atoms with Crippen molar-refractivity contribution < 1.29 is 9.59 Å². The predicted octanol–water partition coefficient (Wildman–Crippen LogP) is 2.12. The second-order valence-corrected chi connectivity index (χ2v) is 7.46. The Morgan fingerprint density at radius 3 is 2.21 bits per heavy atom. The Kier molecular flexibility index (Phi) is 5.88. The van der Waals surface area contributed by atoms with Crippen molar-refractivity contribution in [3.63, 3.8) is 0 Å². The zero-order valence-electron chi connectivity index (χ0n) is 16.5. The number of hydrogen-bond donors (Lipinski definition) is 1. The van der Waals surface area contributed by atoms with Gasteiger partial charge in [-0.3, -0.25) is 9.59 Å². The zero-order valence-corrected chi connectivity index (χ0v) is 16.5. The van der Waals surface area contributed by atoms with Gasteiger partial charge >= 0.3 is 0 Å². The zero-order chi connectivity index (χ0) is 20.1. The minimum absolute atomic E-state index is 0.152. The molecule has 3 heterocycles. The number of aromatic nitrogens is 2. The van der Waals surface area contributed by atoms with Crippen molar-refractivity contribution in [3.8, 4) is 0 Å². The highest BCUT2D eigenvalue weighted by Crippen LogP contribution is 2.23. The largest absolute Gasteiger partial charge is 0.372 e. The minimum atomic E-state index is -0.152. The van der Waals surface area contributed by atoms with Gasteiger partial charge in [-0.1, -0.05) is 0 Å². The lowest BCUT2D eigenvalue weighted by Gasteiger charge is -2.32. The molecule has 4 rings (SSSR count). The van der Waals surface area contributed by atoms with E-state index in [1.165, 1.54) is 24.9 Å². The van der Waals surface area contributed by atoms with E-state index in [1.54, 1.807) is 21.9 Å². The molecule has 0 radical (unpaired) electrons. The van der Waals surface area contributed by atoms with Crippen molar-refractivity contribution in [3.05, 3.63) is 42.1 Å². The summed E-state index contributed by atoms with van der Waals surface area (Å²) in [5.74, 6) is 0.443. The Morgan fingerprint density at radius 2 is 1.59 bits per heavy atom. The maximum Gasteiger partial charge on any atom is 0.274 e. The van der Waals surface area contributed by atoms with E-state index in [4.69, 9.17) is 0 Å². The van der Waals surface area contributed by atoms with E-state index in [2.05, 4.69) is 32.5 Å². The lowest BCUT2D eigenvalue weighted by Crippen LogP contribution is -2.48. The van der Waals surface area contributed by atoms with E-state index in [-0.39, 0.29) is 5.91 Å². The lowest BCUT2D eigenvalue weighted by atomic mass is 10.1. The number of piperazine rings is 1. The summed E-state index contributed by atoms with van der Waals surface area (Å²) >= 11 is 0. The van der Waals surface area contributed by atoms with Crippen LogP contribution in [-0.4, -0.2) is 71.6 Å². The SMILES string of the molecule is O=CN1CCN(C(=O)c2ccc(Nc3ccc(N4CCCCC4)cc3)nn2)CC1. The summed E-state index contributed by atoms with van der Waals surface area (Å²) in [5, 5.41) is 11.5. The molecule has 0 unspecified atom stereocenters. The first-order valence-corrected chi connectivity index (χ1v) is 10.2. The van der Waals surface area contributed by atoms with Gasteiger partial charge in [0.05, 0.1) is 0 Å². The van der Waals surface area contributed by atoms with Crippen molar-refractivity contribution in [1.82, 2.24) is 20.0 Å². The molecule has 2 fully saturated rings. The first-order valence-electron chi connectivity index (χ1n) is 10.2. The highest BCUT2D eigenvalue weighted by atomic mass is 16.2. The Labute approximate surface area is 170 Å². The molecule has 0 atom stereocenters. The maximum absolute atomic E-state index is 12.5. The molecule has 2 aliphatic heterocycles. The number of amides is 2. The number of rotatable bonds is 5. The van der Waals surface area contributed by atoms with Crippen LogP contribution in [0, 0.1) is 0 Å². The van der Waals surface area contributed by atoms with Gasteiger partial charge in [0.1, 0.15) is 0 Å². The van der Waals surface area contributed by atoms with Gasteiger partial charge in [0, 0.05) is 50.6 Å². The monoisotopic (exact) mass is 394 g/mol. The number of hydrogen-bond acceptors (Lipinski definition) is 6. The molecule has 2 amide bonds. The van der Waals surface area contributed by atoms with E-state index < -0.39 is 0 Å². The summed E-state index contributed by atoms with van der Waals surface area (Å²) < 4.78 is 0. The lowest BCUT2D eigenvalue weighted by molar-refractivity contribution is -0.119. The van der Waals surface area contributed by atoms with Crippen LogP contribution in [-0.2, 0) is 4.79 Å². The molecular formula is C21H26N6O2. The topological polar surface area (TPSA) is 81.7 Å². The van der Waals surface area contributed by atoms with Gasteiger partial charge in [0.2, 0.25) is 6.41 Å². The number of carbonyl (C=O) groups is 2. The smallest absolute Gasteiger partial charge is 0.274 e. The first kappa shape index (κ1) is 19.2. The molecule has 2 aromatic rings. The summed E-state index contributed by atoms with van der Waals surface area (Å²) in [4.78, 5) is 29.1. The van der Waals surface area contributed by atoms with Gasteiger partial charge in [0.25, 0.3) is 5.91 Å². The molecule has 0 spiro atoms. The molecule has 29 heavy (non-hydrogen) atoms. The second kappa shape index (κ2) is 8.89. The third-order valence-electron chi connectivity index (χ3n) is 5.50. The van der Waals surface area contributed by atoms with E-state index >= 15 is 0 Å². The molecule has 152 valence electrons. The summed E-state index contributed by atoms with van der Waals surface area (Å²) in [6.45, 7) is 4.38. The van der Waals surface area contributed by atoms with E-state index in [0.717, 1.165) is 25.2 Å². The van der Waals surface area contributed by atoms with Gasteiger partial charge in [-0.25, -0.2) is 0 Å². The Bertz CT molecular complexity index is 825. The molecule has 8 nitrogen and oxygen atoms in total. The molecular weight excluding hydrogens is 368 g/mol. The number of nitrogens with one attached hydrogen (secondary N) is 1. The molecule has 0 bridgehead atoms. The molecule has 2 saturated heterocycles. The molecule has 1 N–H and O–H groups in total. The van der Waals surface area contributed by atoms with Gasteiger partial charge < -0.3 is 20.0 Å². The number of piperidine rings is 1. The van der Waals surface area contributed by atoms with Crippen LogP contribution in [0.15, 0.2) is 36.4 Å². The normalized spacial score (nSPS) is 17.2. The van der Waals surface area contributed by atoms with Gasteiger partial charge in [-0.05, 0) is 55.7 Å². The van der Waals surface area contributed by atoms with Gasteiger partial charge in [0.15, 0.2) is 11.5 Å². The van der Waals surface area contributed by atoms with Crippen LogP contribution < -0.4 is 10.2 Å². The van der Waals surface area contributed by atoms with Crippen molar-refractivity contribution in [2.75, 3.05) is 49.5 Å². The Morgan fingerprint density at radius 1 is 0.862 bits per heavy atom. The van der Waals surface area contributed by atoms with Crippen molar-refractivity contribution in [2.45, 2.75) is 19.3 Å². The van der Waals surface area contributed by atoms with E-state index in [1.807, 2.05) is 12.1 Å². The molecule has 1 aromatic carbocycles. The summed E-state index contributed by atoms with van der Waals surface area (Å²) in [7, 11) is 0. The third kappa shape index (κ3) is 4.64. The van der Waals surface area contributed by atoms with Crippen molar-refractivity contribution in [1.29, 1.82) is 0 Å². The van der Waals surface area contributed by atoms with Crippen molar-refractivity contribution in [2.24, 2.45) is 0 Å². The predicted molar refractivity (Wildman–Crippen MR) is 111 cm³/mol. The molecule has 0 aliphatic carbocycles. The van der Waals surface area contributed by atoms with Crippen LogP contribution in [0.4, 0.5) is 17.2 Å². The van der Waals surface area contributed by atoms with Gasteiger partial charge in [-0.15, -0.1) is 10.2 Å². The molecule has 1 aromatic heterocycles. The average molecular weight is 394 g/mol. The average Bonchev–Trinajstić information content (AvgIpc) is 2.80. The number of nitrogens with zero attached hydrogens (tertiary/aromatic N) is 5. The Balaban J connectivity index is 1.34. The second-order valence-electron chi connectivity index (χ2n) is 7.46. The first-order chi connectivity index (χ1) is 14.2. The van der Waals surface area contributed by atoms with Crippen molar-refractivity contribution >= 4 is 29.5 Å². The van der Waals surface area contributed by atoms with E-state index in [9.17, 15) is 9.59 Å². The van der Waals surface area contributed by atoms with Crippen LogP contribution >= 0.6 is 0 Å².